The maximum atomic E-state index is 12.5. The van der Waals surface area contributed by atoms with Crippen LogP contribution in [0.15, 0.2) is 48.9 Å². The van der Waals surface area contributed by atoms with E-state index in [4.69, 9.17) is 0 Å². The summed E-state index contributed by atoms with van der Waals surface area (Å²) in [4.78, 5) is 13.2. The molecule has 0 radical (unpaired) electrons. The number of benzene rings is 1. The Morgan fingerprint density at radius 3 is 2.76 bits per heavy atom. The lowest BCUT2D eigenvalue weighted by Crippen LogP contribution is -2.21. The highest BCUT2D eigenvalue weighted by molar-refractivity contribution is 5.87. The molecule has 6 nitrogen and oxygen atoms in total. The fourth-order valence-corrected chi connectivity index (χ4v) is 5.01. The quantitative estimate of drug-likeness (QED) is 0.350. The molecule has 1 aliphatic carbocycles. The summed E-state index contributed by atoms with van der Waals surface area (Å²) in [7, 11) is 1.87. The molecule has 4 aromatic rings. The molecular weight excluding hydrogens is 441 g/mol. The van der Waals surface area contributed by atoms with Gasteiger partial charge >= 0.3 is 6.18 Å². The van der Waals surface area contributed by atoms with Crippen molar-refractivity contribution in [2.75, 3.05) is 24.2 Å². The summed E-state index contributed by atoms with van der Waals surface area (Å²) < 4.78 is 39.8. The molecule has 34 heavy (non-hydrogen) atoms. The standard InChI is InChI=1S/C25H27F3N6/c1-29-23-20-10-11-34(24(20)32-15-31-23)19-8-5-16(12-19)2-3-17-4-6-18-7-9-22(33-21(18)13-17)30-14-25(26,27)28/h4,6-7,9-11,13,15-16,19H,2-3,5,8,12,14H2,1H3,(H,30,33)(H,29,31,32)/t16-,19+/m1/s1. The number of nitrogens with zero attached hydrogens (tertiary/aromatic N) is 4. The molecule has 0 aliphatic heterocycles. The topological polar surface area (TPSA) is 67.7 Å². The highest BCUT2D eigenvalue weighted by atomic mass is 19.4. The van der Waals surface area contributed by atoms with Gasteiger partial charge in [0.05, 0.1) is 10.9 Å². The zero-order chi connectivity index (χ0) is 23.7. The summed E-state index contributed by atoms with van der Waals surface area (Å²) in [6.07, 6.45) is 4.86. The molecule has 1 saturated carbocycles. The predicted molar refractivity (Wildman–Crippen MR) is 128 cm³/mol. The molecule has 1 aliphatic rings. The Labute approximate surface area is 195 Å². The van der Waals surface area contributed by atoms with Crippen LogP contribution in [0.3, 0.4) is 0 Å². The first kappa shape index (κ1) is 22.4. The minimum absolute atomic E-state index is 0.241. The van der Waals surface area contributed by atoms with Crippen molar-refractivity contribution < 1.29 is 13.2 Å². The number of nitrogens with one attached hydrogen (secondary N) is 2. The number of hydrogen-bond acceptors (Lipinski definition) is 5. The van der Waals surface area contributed by atoms with Gasteiger partial charge in [-0.25, -0.2) is 15.0 Å². The molecule has 0 unspecified atom stereocenters. The Bertz CT molecular complexity index is 1300. The minimum Gasteiger partial charge on any atom is -0.372 e. The van der Waals surface area contributed by atoms with Gasteiger partial charge in [-0.1, -0.05) is 12.1 Å². The molecule has 2 N–H and O–H groups in total. The van der Waals surface area contributed by atoms with Crippen molar-refractivity contribution in [3.63, 3.8) is 0 Å². The second-order valence-corrected chi connectivity index (χ2v) is 9.00. The summed E-state index contributed by atoms with van der Waals surface area (Å²) in [6, 6.07) is 12.0. The lowest BCUT2D eigenvalue weighted by Gasteiger charge is -2.15. The molecule has 0 amide bonds. The van der Waals surface area contributed by atoms with Gasteiger partial charge in [-0.3, -0.25) is 0 Å². The van der Waals surface area contributed by atoms with Crippen molar-refractivity contribution >= 4 is 33.6 Å². The molecule has 0 bridgehead atoms. The SMILES string of the molecule is CNc1ncnc2c1ccn2[C@H]1CC[C@@H](CCc2ccc3ccc(NCC(F)(F)F)nc3c2)C1. The summed E-state index contributed by atoms with van der Waals surface area (Å²) >= 11 is 0. The summed E-state index contributed by atoms with van der Waals surface area (Å²) in [5.41, 5.74) is 2.85. The number of anilines is 2. The third kappa shape index (κ3) is 4.78. The number of aryl methyl sites for hydroxylation is 1. The molecule has 0 saturated heterocycles. The predicted octanol–water partition coefficient (Wildman–Crippen LogP) is 5.97. The van der Waals surface area contributed by atoms with Crippen LogP contribution >= 0.6 is 0 Å². The maximum absolute atomic E-state index is 12.5. The zero-order valence-electron chi connectivity index (χ0n) is 18.9. The smallest absolute Gasteiger partial charge is 0.372 e. The molecule has 2 atom stereocenters. The lowest BCUT2D eigenvalue weighted by molar-refractivity contribution is -0.115. The number of aromatic nitrogens is 4. The third-order valence-corrected chi connectivity index (χ3v) is 6.72. The van der Waals surface area contributed by atoms with E-state index < -0.39 is 12.7 Å². The van der Waals surface area contributed by atoms with Gasteiger partial charge in [0.25, 0.3) is 0 Å². The van der Waals surface area contributed by atoms with Gasteiger partial charge in [0.15, 0.2) is 0 Å². The average molecular weight is 469 g/mol. The van der Waals surface area contributed by atoms with E-state index in [0.717, 1.165) is 53.5 Å². The number of hydrogen-bond donors (Lipinski definition) is 2. The van der Waals surface area contributed by atoms with Gasteiger partial charge in [0.1, 0.15) is 30.2 Å². The Kier molecular flexibility index (Phi) is 6.02. The number of pyridine rings is 1. The first-order chi connectivity index (χ1) is 16.4. The van der Waals surface area contributed by atoms with E-state index in [2.05, 4.69) is 48.5 Å². The third-order valence-electron chi connectivity index (χ3n) is 6.72. The van der Waals surface area contributed by atoms with Crippen LogP contribution < -0.4 is 10.6 Å². The maximum Gasteiger partial charge on any atom is 0.405 e. The monoisotopic (exact) mass is 468 g/mol. The Hall–Kier alpha value is -3.36. The van der Waals surface area contributed by atoms with Crippen LogP contribution in [0, 0.1) is 5.92 Å². The summed E-state index contributed by atoms with van der Waals surface area (Å²) in [5.74, 6) is 1.71. The van der Waals surface area contributed by atoms with Crippen molar-refractivity contribution in [3.05, 3.63) is 54.5 Å². The number of alkyl halides is 3. The van der Waals surface area contributed by atoms with Crippen LogP contribution in [0.5, 0.6) is 0 Å². The minimum atomic E-state index is -4.27. The van der Waals surface area contributed by atoms with Gasteiger partial charge < -0.3 is 15.2 Å². The van der Waals surface area contributed by atoms with E-state index in [-0.39, 0.29) is 5.82 Å². The van der Waals surface area contributed by atoms with Crippen molar-refractivity contribution in [1.29, 1.82) is 0 Å². The molecule has 1 aromatic carbocycles. The van der Waals surface area contributed by atoms with Crippen molar-refractivity contribution in [2.24, 2.45) is 5.92 Å². The van der Waals surface area contributed by atoms with Gasteiger partial charge in [-0.2, -0.15) is 13.2 Å². The molecule has 1 fully saturated rings. The largest absolute Gasteiger partial charge is 0.405 e. The van der Waals surface area contributed by atoms with Crippen LogP contribution in [0.2, 0.25) is 0 Å². The highest BCUT2D eigenvalue weighted by Gasteiger charge is 2.28. The lowest BCUT2D eigenvalue weighted by atomic mass is 9.97. The molecule has 3 aromatic heterocycles. The molecule has 5 rings (SSSR count). The zero-order valence-corrected chi connectivity index (χ0v) is 18.9. The van der Waals surface area contributed by atoms with Crippen molar-refractivity contribution in [1.82, 2.24) is 19.5 Å². The fourth-order valence-electron chi connectivity index (χ4n) is 5.01. The first-order valence-corrected chi connectivity index (χ1v) is 11.6. The summed E-state index contributed by atoms with van der Waals surface area (Å²) in [5, 5.41) is 7.45. The van der Waals surface area contributed by atoms with Gasteiger partial charge in [0, 0.05) is 24.7 Å². The van der Waals surface area contributed by atoms with Crippen molar-refractivity contribution in [3.8, 4) is 0 Å². The van der Waals surface area contributed by atoms with E-state index in [1.807, 2.05) is 19.2 Å². The Morgan fingerprint density at radius 2 is 1.94 bits per heavy atom. The second-order valence-electron chi connectivity index (χ2n) is 9.00. The van der Waals surface area contributed by atoms with Crippen LogP contribution in [0.25, 0.3) is 21.9 Å². The van der Waals surface area contributed by atoms with Gasteiger partial charge in [-0.05, 0) is 67.9 Å². The van der Waals surface area contributed by atoms with E-state index in [1.54, 1.807) is 18.5 Å². The van der Waals surface area contributed by atoms with Gasteiger partial charge in [-0.15, -0.1) is 0 Å². The van der Waals surface area contributed by atoms with Crippen LogP contribution in [0.1, 0.15) is 37.3 Å². The molecule has 9 heteroatoms. The van der Waals surface area contributed by atoms with Crippen LogP contribution in [-0.4, -0.2) is 39.3 Å². The van der Waals surface area contributed by atoms with E-state index >= 15 is 0 Å². The van der Waals surface area contributed by atoms with Gasteiger partial charge in [0.2, 0.25) is 0 Å². The van der Waals surface area contributed by atoms with E-state index in [0.29, 0.717) is 17.5 Å². The number of rotatable bonds is 7. The first-order valence-electron chi connectivity index (χ1n) is 11.6. The number of fused-ring (bicyclic) bond motifs is 2. The fraction of sp³-hybridized carbons (Fsp3) is 0.400. The molecule has 178 valence electrons. The van der Waals surface area contributed by atoms with Crippen LogP contribution in [0.4, 0.5) is 24.8 Å². The molecule has 3 heterocycles. The highest BCUT2D eigenvalue weighted by Crippen LogP contribution is 2.39. The van der Waals surface area contributed by atoms with Crippen LogP contribution in [-0.2, 0) is 6.42 Å². The Morgan fingerprint density at radius 1 is 1.09 bits per heavy atom. The molecular formula is C25H27F3N6. The van der Waals surface area contributed by atoms with Crippen molar-refractivity contribution in [2.45, 2.75) is 44.3 Å². The normalized spacial score (nSPS) is 18.6. The average Bonchev–Trinajstić information content (AvgIpc) is 3.47. The molecule has 0 spiro atoms. The summed E-state index contributed by atoms with van der Waals surface area (Å²) in [6.45, 7) is -1.09. The Balaban J connectivity index is 1.23. The van der Waals surface area contributed by atoms with E-state index in [9.17, 15) is 13.2 Å². The number of halogens is 3. The van der Waals surface area contributed by atoms with E-state index in [1.165, 1.54) is 6.42 Å². The second kappa shape index (κ2) is 9.12.